The molecule has 31 heavy (non-hydrogen) atoms. The van der Waals surface area contributed by atoms with Gasteiger partial charge in [0.05, 0.1) is 17.6 Å². The molecule has 2 aromatic rings. The molecule has 1 heterocycles. The van der Waals surface area contributed by atoms with E-state index in [1.54, 1.807) is 11.8 Å². The van der Waals surface area contributed by atoms with Crippen molar-refractivity contribution in [1.82, 2.24) is 10.0 Å². The highest BCUT2D eigenvalue weighted by Crippen LogP contribution is 2.48. The number of carbonyl (C=O) groups excluding carboxylic acids is 1. The predicted octanol–water partition coefficient (Wildman–Crippen LogP) is 4.38. The van der Waals surface area contributed by atoms with Crippen LogP contribution in [0.15, 0.2) is 82.2 Å². The number of benzene rings is 2. The van der Waals surface area contributed by atoms with E-state index in [4.69, 9.17) is 5.73 Å². The summed E-state index contributed by atoms with van der Waals surface area (Å²) in [5, 5.41) is 13.7. The van der Waals surface area contributed by atoms with Gasteiger partial charge in [-0.2, -0.15) is 5.26 Å². The molecule has 158 valence electrons. The summed E-state index contributed by atoms with van der Waals surface area (Å²) in [6, 6.07) is 20.5. The minimum Gasteiger partial charge on any atom is -0.383 e. The fraction of sp³-hybridized carbons (Fsp3) is 0.280. The van der Waals surface area contributed by atoms with Gasteiger partial charge in [0.2, 0.25) is 0 Å². The van der Waals surface area contributed by atoms with Crippen LogP contribution < -0.4 is 5.73 Å². The molecule has 0 aromatic heterocycles. The summed E-state index contributed by atoms with van der Waals surface area (Å²) < 4.78 is 0. The van der Waals surface area contributed by atoms with Crippen molar-refractivity contribution in [1.29, 1.82) is 5.26 Å². The number of rotatable bonds is 4. The number of allylic oxidation sites excluding steroid dienone is 3. The second kappa shape index (κ2) is 8.62. The third-order valence-electron chi connectivity index (χ3n) is 6.06. The maximum Gasteiger partial charge on any atom is 0.162 e. The van der Waals surface area contributed by atoms with Crippen molar-refractivity contribution in [3.63, 3.8) is 0 Å². The number of hydrazine groups is 1. The first-order valence-corrected chi connectivity index (χ1v) is 11.5. The van der Waals surface area contributed by atoms with E-state index < -0.39 is 5.92 Å². The summed E-state index contributed by atoms with van der Waals surface area (Å²) in [6.07, 6.45) is 3.16. The molecule has 2 aromatic carbocycles. The molecule has 0 fully saturated rings. The van der Waals surface area contributed by atoms with Crippen molar-refractivity contribution in [2.45, 2.75) is 29.6 Å². The SMILES string of the molecule is CSc1ccc([C@H]2C(C#N)=C(N)N(N(C)C)C3=C2C(=O)C[C@@H](c2ccccc2)C3)cc1. The number of Topliss-reactive ketones (excluding diaryl/α,β-unsaturated/α-hetero) is 1. The topological polar surface area (TPSA) is 73.4 Å². The number of nitrogens with two attached hydrogens (primary N) is 1. The lowest BCUT2D eigenvalue weighted by molar-refractivity contribution is -0.117. The zero-order valence-corrected chi connectivity index (χ0v) is 18.8. The Bertz CT molecular complexity index is 1100. The molecule has 2 atom stereocenters. The fourth-order valence-corrected chi connectivity index (χ4v) is 5.07. The van der Waals surface area contributed by atoms with E-state index in [0.717, 1.165) is 21.7 Å². The van der Waals surface area contributed by atoms with Crippen LogP contribution in [0.5, 0.6) is 0 Å². The molecule has 0 saturated heterocycles. The first kappa shape index (κ1) is 21.2. The molecule has 2 N–H and O–H groups in total. The standard InChI is InChI=1S/C25H26N4OS/c1-28(2)29-21-13-18(16-7-5-4-6-8-16)14-22(30)24(21)23(20(15-26)25(29)27)17-9-11-19(31-3)12-10-17/h4-12,18,23H,13-14,27H2,1-3H3/t18-,23-/m0/s1. The van der Waals surface area contributed by atoms with Crippen LogP contribution in [0.25, 0.3) is 0 Å². The minimum absolute atomic E-state index is 0.0844. The highest BCUT2D eigenvalue weighted by Gasteiger charge is 2.43. The Morgan fingerprint density at radius 1 is 1.06 bits per heavy atom. The Hall–Kier alpha value is -3.01. The van der Waals surface area contributed by atoms with Crippen LogP contribution in [0.3, 0.4) is 0 Å². The smallest absolute Gasteiger partial charge is 0.162 e. The molecule has 4 rings (SSSR count). The van der Waals surface area contributed by atoms with Crippen LogP contribution in [0.1, 0.15) is 35.8 Å². The zero-order chi connectivity index (χ0) is 22.1. The number of hydrogen-bond acceptors (Lipinski definition) is 6. The molecular formula is C25H26N4OS. The summed E-state index contributed by atoms with van der Waals surface area (Å²) in [5.74, 6) is 0.134. The quantitative estimate of drug-likeness (QED) is 0.726. The summed E-state index contributed by atoms with van der Waals surface area (Å²) in [5.41, 5.74) is 10.6. The fourth-order valence-electron chi connectivity index (χ4n) is 4.66. The van der Waals surface area contributed by atoms with Crippen molar-refractivity contribution in [2.75, 3.05) is 20.4 Å². The molecule has 6 heteroatoms. The van der Waals surface area contributed by atoms with Gasteiger partial charge in [-0.15, -0.1) is 11.8 Å². The molecular weight excluding hydrogens is 404 g/mol. The average molecular weight is 431 g/mol. The van der Waals surface area contributed by atoms with E-state index in [1.165, 1.54) is 0 Å². The van der Waals surface area contributed by atoms with Crippen molar-refractivity contribution >= 4 is 17.5 Å². The van der Waals surface area contributed by atoms with E-state index >= 15 is 0 Å². The van der Waals surface area contributed by atoms with Crippen LogP contribution in [0, 0.1) is 11.3 Å². The maximum atomic E-state index is 13.6. The largest absolute Gasteiger partial charge is 0.383 e. The number of ketones is 1. The Balaban J connectivity index is 1.87. The van der Waals surface area contributed by atoms with Crippen molar-refractivity contribution in [3.8, 4) is 6.07 Å². The molecule has 2 aliphatic rings. The van der Waals surface area contributed by atoms with E-state index in [-0.39, 0.29) is 11.7 Å². The second-order valence-electron chi connectivity index (χ2n) is 8.08. The lowest BCUT2D eigenvalue weighted by Gasteiger charge is -2.43. The first-order chi connectivity index (χ1) is 15.0. The Kier molecular flexibility index (Phi) is 5.90. The van der Waals surface area contributed by atoms with Gasteiger partial charge in [0.1, 0.15) is 5.82 Å². The van der Waals surface area contributed by atoms with Crippen LogP contribution in [-0.4, -0.2) is 36.2 Å². The molecule has 1 aliphatic heterocycles. The molecule has 0 saturated carbocycles. The van der Waals surface area contributed by atoms with Crippen LogP contribution >= 0.6 is 11.8 Å². The average Bonchev–Trinajstić information content (AvgIpc) is 2.78. The van der Waals surface area contributed by atoms with Gasteiger partial charge in [-0.25, -0.2) is 5.01 Å². The minimum atomic E-state index is -0.434. The molecule has 1 aliphatic carbocycles. The Labute approximate surface area is 187 Å². The summed E-state index contributed by atoms with van der Waals surface area (Å²) >= 11 is 1.66. The third-order valence-corrected chi connectivity index (χ3v) is 6.80. The second-order valence-corrected chi connectivity index (χ2v) is 8.95. The van der Waals surface area contributed by atoms with E-state index in [0.29, 0.717) is 29.8 Å². The van der Waals surface area contributed by atoms with E-state index in [2.05, 4.69) is 18.2 Å². The van der Waals surface area contributed by atoms with Gasteiger partial charge in [-0.3, -0.25) is 9.80 Å². The molecule has 0 unspecified atom stereocenters. The number of nitrogens with zero attached hydrogens (tertiary/aromatic N) is 3. The summed E-state index contributed by atoms with van der Waals surface area (Å²) in [7, 11) is 3.77. The number of nitriles is 1. The van der Waals surface area contributed by atoms with Crippen molar-refractivity contribution < 1.29 is 4.79 Å². The van der Waals surface area contributed by atoms with Gasteiger partial charge in [0, 0.05) is 36.7 Å². The maximum absolute atomic E-state index is 13.6. The van der Waals surface area contributed by atoms with Gasteiger partial charge in [-0.1, -0.05) is 42.5 Å². The predicted molar refractivity (Wildman–Crippen MR) is 124 cm³/mol. The highest BCUT2D eigenvalue weighted by molar-refractivity contribution is 7.98. The lowest BCUT2D eigenvalue weighted by atomic mass is 9.72. The van der Waals surface area contributed by atoms with Crippen LogP contribution in [-0.2, 0) is 4.79 Å². The Morgan fingerprint density at radius 2 is 1.74 bits per heavy atom. The molecule has 0 amide bonds. The van der Waals surface area contributed by atoms with Gasteiger partial charge in [0.15, 0.2) is 5.78 Å². The summed E-state index contributed by atoms with van der Waals surface area (Å²) in [6.45, 7) is 0. The van der Waals surface area contributed by atoms with E-state index in [1.807, 2.05) is 72.8 Å². The zero-order valence-electron chi connectivity index (χ0n) is 18.0. The van der Waals surface area contributed by atoms with Gasteiger partial charge >= 0.3 is 0 Å². The van der Waals surface area contributed by atoms with E-state index in [9.17, 15) is 10.1 Å². The molecule has 0 spiro atoms. The monoisotopic (exact) mass is 430 g/mol. The number of hydrogen-bond donors (Lipinski definition) is 1. The van der Waals surface area contributed by atoms with Crippen LogP contribution in [0.4, 0.5) is 0 Å². The third kappa shape index (κ3) is 3.76. The van der Waals surface area contributed by atoms with Crippen molar-refractivity contribution in [3.05, 3.63) is 88.4 Å². The molecule has 0 bridgehead atoms. The molecule has 5 nitrogen and oxygen atoms in total. The normalized spacial score (nSPS) is 21.4. The Morgan fingerprint density at radius 3 is 2.32 bits per heavy atom. The van der Waals surface area contributed by atoms with Gasteiger partial charge in [-0.05, 0) is 41.9 Å². The van der Waals surface area contributed by atoms with Gasteiger partial charge in [0.25, 0.3) is 0 Å². The van der Waals surface area contributed by atoms with Gasteiger partial charge < -0.3 is 5.73 Å². The summed E-state index contributed by atoms with van der Waals surface area (Å²) in [4.78, 5) is 14.7. The number of thioether (sulfide) groups is 1. The lowest BCUT2D eigenvalue weighted by Crippen LogP contribution is -2.46. The van der Waals surface area contributed by atoms with Crippen molar-refractivity contribution in [2.24, 2.45) is 5.73 Å². The first-order valence-electron chi connectivity index (χ1n) is 10.3. The molecule has 0 radical (unpaired) electrons. The van der Waals surface area contributed by atoms with Crippen LogP contribution in [0.2, 0.25) is 0 Å². The number of carbonyl (C=O) groups is 1. The highest BCUT2D eigenvalue weighted by atomic mass is 32.2.